The minimum Gasteiger partial charge on any atom is -0.479 e. The Morgan fingerprint density at radius 3 is 3.04 bits per heavy atom. The molecule has 0 aliphatic carbocycles. The van der Waals surface area contributed by atoms with Crippen molar-refractivity contribution >= 4 is 5.91 Å². The summed E-state index contributed by atoms with van der Waals surface area (Å²) in [5.74, 6) is 1.18. The molecule has 4 heterocycles. The Labute approximate surface area is 156 Å². The van der Waals surface area contributed by atoms with Crippen LogP contribution in [0.25, 0.3) is 11.1 Å². The van der Waals surface area contributed by atoms with Crippen LogP contribution >= 0.6 is 0 Å². The molecule has 1 aliphatic heterocycles. The summed E-state index contributed by atoms with van der Waals surface area (Å²) in [5.41, 5.74) is 3.04. The van der Waals surface area contributed by atoms with Crippen LogP contribution in [0.2, 0.25) is 0 Å². The van der Waals surface area contributed by atoms with Crippen LogP contribution in [0.15, 0.2) is 41.3 Å². The molecule has 1 fully saturated rings. The van der Waals surface area contributed by atoms with Crippen LogP contribution in [0, 0.1) is 0 Å². The van der Waals surface area contributed by atoms with Crippen molar-refractivity contribution < 1.29 is 14.1 Å². The van der Waals surface area contributed by atoms with Crippen molar-refractivity contribution in [1.29, 1.82) is 0 Å². The van der Waals surface area contributed by atoms with Gasteiger partial charge in [0.05, 0.1) is 25.0 Å². The normalized spacial score (nSPS) is 16.6. The van der Waals surface area contributed by atoms with E-state index in [2.05, 4.69) is 20.3 Å². The lowest BCUT2D eigenvalue weighted by Gasteiger charge is -2.24. The number of likely N-dealkylation sites (tertiary alicyclic amines) is 1. The Bertz CT molecular complexity index is 905. The number of amides is 1. The number of hydrogen-bond donors (Lipinski definition) is 1. The molecule has 0 aromatic carbocycles. The second kappa shape index (κ2) is 7.61. The van der Waals surface area contributed by atoms with Crippen molar-refractivity contribution in [1.82, 2.24) is 25.2 Å². The number of pyridine rings is 1. The van der Waals surface area contributed by atoms with Crippen molar-refractivity contribution in [2.24, 2.45) is 0 Å². The van der Waals surface area contributed by atoms with Crippen LogP contribution in [-0.2, 0) is 11.2 Å². The minimum absolute atomic E-state index is 0.00688. The zero-order valence-corrected chi connectivity index (χ0v) is 15.1. The third-order valence-corrected chi connectivity index (χ3v) is 4.90. The van der Waals surface area contributed by atoms with E-state index in [1.54, 1.807) is 18.5 Å². The first kappa shape index (κ1) is 17.3. The Morgan fingerprint density at radius 2 is 2.26 bits per heavy atom. The summed E-state index contributed by atoms with van der Waals surface area (Å²) in [4.78, 5) is 18.8. The molecule has 1 amide bonds. The van der Waals surface area contributed by atoms with Gasteiger partial charge in [0.2, 0.25) is 5.91 Å². The van der Waals surface area contributed by atoms with Gasteiger partial charge in [0.25, 0.3) is 5.88 Å². The predicted molar refractivity (Wildman–Crippen MR) is 96.9 cm³/mol. The van der Waals surface area contributed by atoms with Gasteiger partial charge in [-0.1, -0.05) is 0 Å². The minimum atomic E-state index is 0.00688. The fourth-order valence-electron chi connectivity index (χ4n) is 3.56. The molecule has 1 atom stereocenters. The second-order valence-electron chi connectivity index (χ2n) is 6.51. The van der Waals surface area contributed by atoms with Gasteiger partial charge in [-0.15, -0.1) is 0 Å². The molecular formula is C19H21N5O3. The molecule has 3 aromatic heterocycles. The van der Waals surface area contributed by atoms with Gasteiger partial charge in [-0.2, -0.15) is 5.10 Å². The van der Waals surface area contributed by atoms with Crippen molar-refractivity contribution in [3.8, 4) is 17.0 Å². The number of rotatable bonds is 6. The number of H-pyrrole nitrogens is 1. The fraction of sp³-hybridized carbons (Fsp3) is 0.368. The van der Waals surface area contributed by atoms with E-state index in [1.165, 1.54) is 7.11 Å². The monoisotopic (exact) mass is 367 g/mol. The van der Waals surface area contributed by atoms with Crippen molar-refractivity contribution in [3.63, 3.8) is 0 Å². The summed E-state index contributed by atoms with van der Waals surface area (Å²) < 4.78 is 10.2. The number of carbonyl (C=O) groups is 1. The Hall–Kier alpha value is -3.16. The highest BCUT2D eigenvalue weighted by Crippen LogP contribution is 2.36. The van der Waals surface area contributed by atoms with Crippen molar-refractivity contribution in [2.75, 3.05) is 13.7 Å². The van der Waals surface area contributed by atoms with E-state index in [4.69, 9.17) is 9.26 Å². The first-order valence-electron chi connectivity index (χ1n) is 8.99. The highest BCUT2D eigenvalue weighted by Gasteiger charge is 2.32. The molecule has 140 valence electrons. The average molecular weight is 367 g/mol. The molecule has 0 radical (unpaired) electrons. The fourth-order valence-corrected chi connectivity index (χ4v) is 3.56. The number of methoxy groups -OCH3 is 1. The first-order valence-corrected chi connectivity index (χ1v) is 8.99. The Balaban J connectivity index is 1.48. The largest absolute Gasteiger partial charge is 0.479 e. The first-order chi connectivity index (χ1) is 13.3. The van der Waals surface area contributed by atoms with Gasteiger partial charge in [-0.3, -0.25) is 14.9 Å². The molecular weight excluding hydrogens is 346 g/mol. The van der Waals surface area contributed by atoms with Crippen molar-refractivity contribution in [2.45, 2.75) is 31.7 Å². The molecule has 0 spiro atoms. The van der Waals surface area contributed by atoms with Gasteiger partial charge in [0.15, 0.2) is 0 Å². The van der Waals surface area contributed by atoms with Crippen LogP contribution in [-0.4, -0.2) is 44.8 Å². The van der Waals surface area contributed by atoms with E-state index in [0.717, 1.165) is 36.2 Å². The zero-order chi connectivity index (χ0) is 18.6. The van der Waals surface area contributed by atoms with Gasteiger partial charge < -0.3 is 14.2 Å². The number of aromatic amines is 1. The van der Waals surface area contributed by atoms with E-state index in [9.17, 15) is 4.79 Å². The van der Waals surface area contributed by atoms with Gasteiger partial charge in [-0.25, -0.2) is 0 Å². The molecule has 0 saturated carbocycles. The summed E-state index contributed by atoms with van der Waals surface area (Å²) in [5, 5.41) is 11.1. The molecule has 1 aliphatic rings. The number of hydrogen-bond acceptors (Lipinski definition) is 6. The van der Waals surface area contributed by atoms with Crippen LogP contribution in [0.1, 0.15) is 36.8 Å². The molecule has 1 unspecified atom stereocenters. The van der Waals surface area contributed by atoms with E-state index < -0.39 is 0 Å². The number of aromatic nitrogens is 4. The lowest BCUT2D eigenvalue weighted by molar-refractivity contribution is -0.132. The summed E-state index contributed by atoms with van der Waals surface area (Å²) >= 11 is 0. The predicted octanol–water partition coefficient (Wildman–Crippen LogP) is 2.76. The molecule has 8 nitrogen and oxygen atoms in total. The number of ether oxygens (including phenoxy) is 1. The molecule has 27 heavy (non-hydrogen) atoms. The summed E-state index contributed by atoms with van der Waals surface area (Å²) in [6, 6.07) is 5.62. The van der Waals surface area contributed by atoms with Crippen LogP contribution in [0.4, 0.5) is 0 Å². The molecule has 1 saturated heterocycles. The van der Waals surface area contributed by atoms with E-state index >= 15 is 0 Å². The standard InChI is InChI=1S/C19H21N5O3/c1-26-17-11-14(27-23-17)4-5-18(25)24-10-2-3-16(24)19-15(12-21-22-19)13-6-8-20-9-7-13/h6-9,11-12,16H,2-5,10H2,1H3,(H,21,22). The quantitative estimate of drug-likeness (QED) is 0.719. The average Bonchev–Trinajstić information content (AvgIpc) is 3.46. The van der Waals surface area contributed by atoms with Gasteiger partial charge in [-0.05, 0) is 35.7 Å². The molecule has 4 rings (SSSR count). The summed E-state index contributed by atoms with van der Waals surface area (Å²) in [6.45, 7) is 0.748. The number of carbonyl (C=O) groups excluding carboxylic acids is 1. The van der Waals surface area contributed by atoms with Crippen LogP contribution in [0.3, 0.4) is 0 Å². The maximum absolute atomic E-state index is 12.8. The Morgan fingerprint density at radius 1 is 1.41 bits per heavy atom. The molecule has 8 heteroatoms. The van der Waals surface area contributed by atoms with Gasteiger partial charge >= 0.3 is 0 Å². The smallest absolute Gasteiger partial charge is 0.254 e. The molecule has 0 bridgehead atoms. The van der Waals surface area contributed by atoms with E-state index in [-0.39, 0.29) is 11.9 Å². The van der Waals surface area contributed by atoms with Gasteiger partial charge in [0.1, 0.15) is 5.76 Å². The van der Waals surface area contributed by atoms with Crippen LogP contribution in [0.5, 0.6) is 5.88 Å². The number of nitrogens with one attached hydrogen (secondary N) is 1. The van der Waals surface area contributed by atoms with Gasteiger partial charge in [0, 0.05) is 43.4 Å². The Kier molecular flexibility index (Phi) is 4.86. The second-order valence-corrected chi connectivity index (χ2v) is 6.51. The lowest BCUT2D eigenvalue weighted by Crippen LogP contribution is -2.31. The molecule has 1 N–H and O–H groups in total. The summed E-state index contributed by atoms with van der Waals surface area (Å²) in [7, 11) is 1.53. The topological polar surface area (TPSA) is 97.1 Å². The number of aryl methyl sites for hydroxylation is 1. The summed E-state index contributed by atoms with van der Waals surface area (Å²) in [6.07, 6.45) is 8.09. The highest BCUT2D eigenvalue weighted by molar-refractivity contribution is 5.78. The van der Waals surface area contributed by atoms with E-state index in [1.807, 2.05) is 23.2 Å². The maximum Gasteiger partial charge on any atom is 0.254 e. The van der Waals surface area contributed by atoms with Crippen molar-refractivity contribution in [3.05, 3.63) is 48.2 Å². The zero-order valence-electron chi connectivity index (χ0n) is 15.1. The third kappa shape index (κ3) is 3.55. The SMILES string of the molecule is COc1cc(CCC(=O)N2CCCC2c2[nH]ncc2-c2ccncc2)on1. The third-order valence-electron chi connectivity index (χ3n) is 4.90. The van der Waals surface area contributed by atoms with E-state index in [0.29, 0.717) is 24.5 Å². The number of nitrogens with zero attached hydrogens (tertiary/aromatic N) is 4. The highest BCUT2D eigenvalue weighted by atomic mass is 16.5. The molecule has 3 aromatic rings. The maximum atomic E-state index is 12.8. The lowest BCUT2D eigenvalue weighted by atomic mass is 10.0. The van der Waals surface area contributed by atoms with Crippen LogP contribution < -0.4 is 4.74 Å².